The first-order valence-electron chi connectivity index (χ1n) is 4.95. The van der Waals surface area contributed by atoms with Crippen LogP contribution in [0, 0.1) is 0 Å². The average molecular weight is 186 g/mol. The Morgan fingerprint density at radius 3 is 2.31 bits per heavy atom. The zero-order valence-electron chi connectivity index (χ0n) is 9.52. The third-order valence-electron chi connectivity index (χ3n) is 2.47. The Kier molecular flexibility index (Phi) is 5.80. The van der Waals surface area contributed by atoms with E-state index in [9.17, 15) is 0 Å². The van der Waals surface area contributed by atoms with E-state index < -0.39 is 0 Å². The van der Waals surface area contributed by atoms with Crippen LogP contribution in [0.3, 0.4) is 0 Å². The van der Waals surface area contributed by atoms with Gasteiger partial charge >= 0.3 is 0 Å². The van der Waals surface area contributed by atoms with Crippen LogP contribution in [0.1, 0.15) is 40.5 Å². The average Bonchev–Trinajstić information content (AvgIpc) is 2.19. The van der Waals surface area contributed by atoms with Crippen LogP contribution in [0.15, 0.2) is 11.8 Å². The molecule has 0 spiro atoms. The zero-order valence-corrected chi connectivity index (χ0v) is 9.52. The van der Waals surface area contributed by atoms with Gasteiger partial charge in [-0.1, -0.05) is 13.8 Å². The fourth-order valence-corrected chi connectivity index (χ4v) is 0.940. The normalized spacial score (nSPS) is 16.8. The van der Waals surface area contributed by atoms with Crippen LogP contribution in [0.2, 0.25) is 0 Å². The van der Waals surface area contributed by atoms with Crippen molar-refractivity contribution in [3.8, 4) is 0 Å². The zero-order chi connectivity index (χ0) is 10.3. The quantitative estimate of drug-likeness (QED) is 0.593. The highest BCUT2D eigenvalue weighted by Crippen LogP contribution is 2.16. The fourth-order valence-electron chi connectivity index (χ4n) is 0.940. The van der Waals surface area contributed by atoms with Crippen LogP contribution < -0.4 is 0 Å². The molecule has 0 fully saturated rings. The number of hydrogen-bond donors (Lipinski definition) is 0. The maximum absolute atomic E-state index is 5.62. The van der Waals surface area contributed by atoms with Crippen LogP contribution in [-0.4, -0.2) is 19.3 Å². The van der Waals surface area contributed by atoms with Crippen LogP contribution in [0.25, 0.3) is 0 Å². The molecule has 0 aliphatic rings. The second-order valence-electron chi connectivity index (χ2n) is 3.40. The van der Waals surface area contributed by atoms with E-state index in [0.29, 0.717) is 6.61 Å². The van der Waals surface area contributed by atoms with Crippen molar-refractivity contribution in [1.82, 2.24) is 0 Å². The molecule has 0 aliphatic carbocycles. The summed E-state index contributed by atoms with van der Waals surface area (Å²) in [5.41, 5.74) is -0.149. The summed E-state index contributed by atoms with van der Waals surface area (Å²) >= 11 is 0. The maximum Gasteiger partial charge on any atom is 0.116 e. The van der Waals surface area contributed by atoms with Crippen molar-refractivity contribution in [2.75, 3.05) is 13.7 Å². The lowest BCUT2D eigenvalue weighted by molar-refractivity contribution is -0.0502. The Bertz CT molecular complexity index is 157. The molecule has 1 atom stereocenters. The largest absolute Gasteiger partial charge is 0.495 e. The second kappa shape index (κ2) is 6.03. The number of hydrogen-bond acceptors (Lipinski definition) is 2. The van der Waals surface area contributed by atoms with Gasteiger partial charge in [0.1, 0.15) is 6.61 Å². The number of ether oxygens (including phenoxy) is 2. The molecule has 0 saturated heterocycles. The fraction of sp³-hybridized carbons (Fsp3) is 0.818. The van der Waals surface area contributed by atoms with Gasteiger partial charge in [0.2, 0.25) is 0 Å². The van der Waals surface area contributed by atoms with Crippen molar-refractivity contribution in [2.45, 2.75) is 46.1 Å². The molecule has 0 aliphatic heterocycles. The van der Waals surface area contributed by atoms with E-state index in [2.05, 4.69) is 20.8 Å². The highest BCUT2D eigenvalue weighted by Gasteiger charge is 2.21. The first kappa shape index (κ1) is 12.5. The van der Waals surface area contributed by atoms with E-state index in [0.717, 1.165) is 18.6 Å². The van der Waals surface area contributed by atoms with Crippen LogP contribution in [-0.2, 0) is 9.47 Å². The van der Waals surface area contributed by atoms with Crippen molar-refractivity contribution < 1.29 is 9.47 Å². The lowest BCUT2D eigenvalue weighted by atomic mass is 10.1. The van der Waals surface area contributed by atoms with Crippen LogP contribution >= 0.6 is 0 Å². The number of allylic oxidation sites excluding steroid dienone is 2. The van der Waals surface area contributed by atoms with E-state index >= 15 is 0 Å². The molecular formula is C11H22O2. The van der Waals surface area contributed by atoms with E-state index in [-0.39, 0.29) is 5.60 Å². The van der Waals surface area contributed by atoms with Gasteiger partial charge in [-0.25, -0.2) is 0 Å². The molecule has 1 unspecified atom stereocenters. The molecule has 0 aromatic heterocycles. The predicted molar refractivity (Wildman–Crippen MR) is 55.7 cm³/mol. The SMILES string of the molecule is CC=C(CC)OCC(C)(CC)OC. The van der Waals surface area contributed by atoms with Gasteiger partial charge in [-0.15, -0.1) is 0 Å². The minimum Gasteiger partial charge on any atom is -0.495 e. The third-order valence-corrected chi connectivity index (χ3v) is 2.47. The molecular weight excluding hydrogens is 164 g/mol. The van der Waals surface area contributed by atoms with Gasteiger partial charge in [-0.3, -0.25) is 0 Å². The molecule has 78 valence electrons. The highest BCUT2D eigenvalue weighted by atomic mass is 16.5. The molecule has 0 rings (SSSR count). The smallest absolute Gasteiger partial charge is 0.116 e. The van der Waals surface area contributed by atoms with E-state index in [4.69, 9.17) is 9.47 Å². The van der Waals surface area contributed by atoms with Gasteiger partial charge in [-0.2, -0.15) is 0 Å². The van der Waals surface area contributed by atoms with Crippen molar-refractivity contribution in [1.29, 1.82) is 0 Å². The molecule has 0 aromatic rings. The first-order valence-corrected chi connectivity index (χ1v) is 4.95. The molecule has 0 aromatic carbocycles. The lowest BCUT2D eigenvalue weighted by Crippen LogP contribution is -2.32. The van der Waals surface area contributed by atoms with Crippen molar-refractivity contribution in [3.05, 3.63) is 11.8 Å². The molecule has 0 heterocycles. The predicted octanol–water partition coefficient (Wildman–Crippen LogP) is 3.13. The molecule has 13 heavy (non-hydrogen) atoms. The number of rotatable bonds is 6. The summed E-state index contributed by atoms with van der Waals surface area (Å²) in [6, 6.07) is 0. The monoisotopic (exact) mass is 186 g/mol. The summed E-state index contributed by atoms with van der Waals surface area (Å²) in [6.45, 7) is 8.89. The Morgan fingerprint density at radius 1 is 1.38 bits per heavy atom. The van der Waals surface area contributed by atoms with E-state index in [1.807, 2.05) is 13.0 Å². The minimum atomic E-state index is -0.149. The molecule has 0 bridgehead atoms. The Balaban J connectivity index is 3.98. The van der Waals surface area contributed by atoms with Crippen LogP contribution in [0.4, 0.5) is 0 Å². The summed E-state index contributed by atoms with van der Waals surface area (Å²) in [4.78, 5) is 0. The number of methoxy groups -OCH3 is 1. The van der Waals surface area contributed by atoms with Gasteiger partial charge in [0, 0.05) is 13.5 Å². The van der Waals surface area contributed by atoms with Crippen LogP contribution in [0.5, 0.6) is 0 Å². The molecule has 2 nitrogen and oxygen atoms in total. The maximum atomic E-state index is 5.62. The topological polar surface area (TPSA) is 18.5 Å². The second-order valence-corrected chi connectivity index (χ2v) is 3.40. The van der Waals surface area contributed by atoms with E-state index in [1.54, 1.807) is 7.11 Å². The third kappa shape index (κ3) is 4.32. The van der Waals surface area contributed by atoms with Gasteiger partial charge in [0.05, 0.1) is 11.4 Å². The molecule has 0 saturated carbocycles. The molecule has 0 radical (unpaired) electrons. The highest BCUT2D eigenvalue weighted by molar-refractivity contribution is 4.90. The summed E-state index contributed by atoms with van der Waals surface area (Å²) in [7, 11) is 1.73. The van der Waals surface area contributed by atoms with Gasteiger partial charge in [-0.05, 0) is 26.3 Å². The van der Waals surface area contributed by atoms with Crippen molar-refractivity contribution in [3.63, 3.8) is 0 Å². The van der Waals surface area contributed by atoms with E-state index in [1.165, 1.54) is 0 Å². The summed E-state index contributed by atoms with van der Waals surface area (Å²) in [6.07, 6.45) is 3.91. The first-order chi connectivity index (χ1) is 6.11. The van der Waals surface area contributed by atoms with Gasteiger partial charge in [0.25, 0.3) is 0 Å². The molecule has 0 N–H and O–H groups in total. The Hall–Kier alpha value is -0.500. The summed E-state index contributed by atoms with van der Waals surface area (Å²) < 4.78 is 11.0. The van der Waals surface area contributed by atoms with Crippen molar-refractivity contribution >= 4 is 0 Å². The molecule has 2 heteroatoms. The standard InChI is InChI=1S/C11H22O2/c1-6-10(7-2)13-9-11(4,8-3)12-5/h6H,7-9H2,1-5H3. The minimum absolute atomic E-state index is 0.149. The Labute approximate surface area is 81.9 Å². The molecule has 0 amide bonds. The lowest BCUT2D eigenvalue weighted by Gasteiger charge is -2.27. The Morgan fingerprint density at radius 2 is 2.00 bits per heavy atom. The summed E-state index contributed by atoms with van der Waals surface area (Å²) in [5.74, 6) is 1.04. The summed E-state index contributed by atoms with van der Waals surface area (Å²) in [5, 5.41) is 0. The van der Waals surface area contributed by atoms with Crippen molar-refractivity contribution in [2.24, 2.45) is 0 Å². The van der Waals surface area contributed by atoms with Gasteiger partial charge in [0.15, 0.2) is 0 Å². The van der Waals surface area contributed by atoms with Gasteiger partial charge < -0.3 is 9.47 Å².